The van der Waals surface area contributed by atoms with E-state index in [1.165, 1.54) is 49.6 Å². The van der Waals surface area contributed by atoms with Gasteiger partial charge in [0.15, 0.2) is 11.0 Å². The van der Waals surface area contributed by atoms with Crippen LogP contribution in [0, 0.1) is 23.2 Å². The lowest BCUT2D eigenvalue weighted by Gasteiger charge is -2.30. The standard InChI is InChI=1S/C38H52N8OS/c1-6-10-18-28(8-3)25-45(26-29(9-4)19-11-7-2)38-41-33(30-20-14-12-15-21-30)35(48-38)40-32-27(5)31(24-39)36(47)46-34(32)42-37(43-46)44-22-16-13-17-23-44/h12,14-15,20-21,28-29H,6-11,13,16-19,22-23,25-26H2,1-5H3. The quantitative estimate of drug-likeness (QED) is 0.150. The second-order valence-corrected chi connectivity index (χ2v) is 14.3. The summed E-state index contributed by atoms with van der Waals surface area (Å²) in [6, 6.07) is 12.3. The maximum atomic E-state index is 13.4. The van der Waals surface area contributed by atoms with Crippen LogP contribution in [0.25, 0.3) is 11.3 Å². The Kier molecular flexibility index (Phi) is 12.6. The summed E-state index contributed by atoms with van der Waals surface area (Å²) in [5.41, 5.74) is 2.87. The monoisotopic (exact) mass is 668 g/mol. The zero-order valence-electron chi connectivity index (χ0n) is 29.5. The smallest absolute Gasteiger partial charge is 0.291 e. The van der Waals surface area contributed by atoms with Gasteiger partial charge in [-0.1, -0.05) is 108 Å². The Bertz CT molecular complexity index is 1610. The van der Waals surface area contributed by atoms with E-state index >= 15 is 0 Å². The van der Waals surface area contributed by atoms with Gasteiger partial charge in [0.05, 0.1) is 0 Å². The van der Waals surface area contributed by atoms with Crippen molar-refractivity contribution in [2.75, 3.05) is 36.0 Å². The number of unbranched alkanes of at least 4 members (excludes halogenated alkanes) is 2. The summed E-state index contributed by atoms with van der Waals surface area (Å²) < 4.78 is 1.28. The van der Waals surface area contributed by atoms with E-state index in [2.05, 4.69) is 60.8 Å². The van der Waals surface area contributed by atoms with Crippen LogP contribution in [0.2, 0.25) is 0 Å². The van der Waals surface area contributed by atoms with Crippen LogP contribution in [0.15, 0.2) is 46.5 Å². The minimum atomic E-state index is -0.450. The molecule has 0 amide bonds. The lowest BCUT2D eigenvalue weighted by atomic mass is 9.96. The summed E-state index contributed by atoms with van der Waals surface area (Å²) in [5, 5.41) is 16.4. The van der Waals surface area contributed by atoms with Crippen LogP contribution in [0.1, 0.15) is 116 Å². The Labute approximate surface area is 290 Å². The Hall–Kier alpha value is -3.84. The van der Waals surface area contributed by atoms with Crippen molar-refractivity contribution in [3.63, 3.8) is 0 Å². The van der Waals surface area contributed by atoms with E-state index in [0.29, 0.717) is 34.9 Å². The Morgan fingerprint density at radius 1 is 0.958 bits per heavy atom. The van der Waals surface area contributed by atoms with E-state index in [-0.39, 0.29) is 5.57 Å². The number of anilines is 2. The summed E-state index contributed by atoms with van der Waals surface area (Å²) in [7, 11) is 0. The van der Waals surface area contributed by atoms with E-state index in [0.717, 1.165) is 73.3 Å². The molecular formula is C38H52N8OS. The SMILES string of the molecule is CCCCC(CC)CN(CC(CC)CCCC)c1nc(-c2ccccc2)c(N=C2C(C)=C(C#N)C(=O)n3nc(N4CCCCC4)nc32)s1. The van der Waals surface area contributed by atoms with Crippen LogP contribution in [-0.4, -0.2) is 57.5 Å². The van der Waals surface area contributed by atoms with E-state index in [1.807, 2.05) is 18.2 Å². The van der Waals surface area contributed by atoms with Crippen molar-refractivity contribution < 1.29 is 4.79 Å². The predicted molar refractivity (Wildman–Crippen MR) is 198 cm³/mol. The van der Waals surface area contributed by atoms with Crippen LogP contribution in [-0.2, 0) is 0 Å². The fourth-order valence-electron chi connectivity index (χ4n) is 6.73. The molecule has 0 N–H and O–H groups in total. The van der Waals surface area contributed by atoms with Gasteiger partial charge < -0.3 is 9.80 Å². The molecule has 5 rings (SSSR count). The minimum Gasteiger partial charge on any atom is -0.347 e. The number of carbonyl (C=O) groups excluding carboxylic acids is 1. The highest BCUT2D eigenvalue weighted by Gasteiger charge is 2.34. The largest absolute Gasteiger partial charge is 0.347 e. The molecule has 2 aliphatic heterocycles. The average molecular weight is 669 g/mol. The Balaban J connectivity index is 1.63. The number of thiazole rings is 1. The Morgan fingerprint density at radius 2 is 1.60 bits per heavy atom. The number of aromatic nitrogens is 4. The second kappa shape index (κ2) is 17.0. The van der Waals surface area contributed by atoms with Gasteiger partial charge in [-0.3, -0.25) is 4.79 Å². The molecule has 1 aromatic carbocycles. The van der Waals surface area contributed by atoms with Gasteiger partial charge in [0.1, 0.15) is 28.0 Å². The average Bonchev–Trinajstić information content (AvgIpc) is 3.76. The molecule has 0 aliphatic carbocycles. The number of rotatable bonds is 16. The van der Waals surface area contributed by atoms with Crippen LogP contribution >= 0.6 is 11.3 Å². The molecule has 0 saturated carbocycles. The number of nitriles is 1. The first-order valence-electron chi connectivity index (χ1n) is 18.2. The molecule has 10 heteroatoms. The first-order valence-corrected chi connectivity index (χ1v) is 19.0. The molecule has 1 fully saturated rings. The zero-order valence-corrected chi connectivity index (χ0v) is 30.4. The van der Waals surface area contributed by atoms with Crippen LogP contribution in [0.4, 0.5) is 16.1 Å². The number of fused-ring (bicyclic) bond motifs is 1. The van der Waals surface area contributed by atoms with Crippen LogP contribution in [0.5, 0.6) is 0 Å². The topological polar surface area (TPSA) is 103 Å². The summed E-state index contributed by atoms with van der Waals surface area (Å²) in [5.74, 6) is 1.64. The molecule has 0 spiro atoms. The third kappa shape index (κ3) is 8.06. The van der Waals surface area contributed by atoms with Crippen LogP contribution < -0.4 is 9.80 Å². The van der Waals surface area contributed by atoms with Gasteiger partial charge in [0.2, 0.25) is 5.95 Å². The Morgan fingerprint density at radius 3 is 2.19 bits per heavy atom. The molecular weight excluding hydrogens is 617 g/mol. The summed E-state index contributed by atoms with van der Waals surface area (Å²) in [6.07, 6.45) is 12.9. The number of aliphatic imine (C=N–C) groups is 1. The fourth-order valence-corrected chi connectivity index (χ4v) is 7.71. The van der Waals surface area contributed by atoms with Gasteiger partial charge in [-0.2, -0.15) is 14.9 Å². The molecule has 0 bridgehead atoms. The maximum absolute atomic E-state index is 13.4. The lowest BCUT2D eigenvalue weighted by Crippen LogP contribution is -2.34. The van der Waals surface area contributed by atoms with Crippen molar-refractivity contribution >= 4 is 39.0 Å². The number of benzene rings is 1. The molecule has 2 aliphatic rings. The van der Waals surface area contributed by atoms with Crippen LogP contribution in [0.3, 0.4) is 0 Å². The first-order chi connectivity index (χ1) is 23.4. The van der Waals surface area contributed by atoms with Gasteiger partial charge in [0, 0.05) is 37.3 Å². The molecule has 1 saturated heterocycles. The van der Waals surface area contributed by atoms with E-state index in [1.54, 1.807) is 18.3 Å². The van der Waals surface area contributed by atoms with Crippen molar-refractivity contribution in [3.8, 4) is 17.3 Å². The van der Waals surface area contributed by atoms with E-state index in [9.17, 15) is 10.1 Å². The molecule has 2 atom stereocenters. The normalized spacial score (nSPS) is 17.0. The van der Waals surface area contributed by atoms with Gasteiger partial charge in [-0.15, -0.1) is 5.10 Å². The number of hydrogen-bond donors (Lipinski definition) is 0. The van der Waals surface area contributed by atoms with Crippen molar-refractivity contribution in [1.29, 1.82) is 5.26 Å². The number of hydrogen-bond acceptors (Lipinski definition) is 9. The summed E-state index contributed by atoms with van der Waals surface area (Å²) in [6.45, 7) is 14.6. The molecule has 2 aromatic heterocycles. The molecule has 256 valence electrons. The first kappa shape index (κ1) is 35.5. The molecule has 48 heavy (non-hydrogen) atoms. The fraction of sp³-hybridized carbons (Fsp3) is 0.579. The lowest BCUT2D eigenvalue weighted by molar-refractivity contribution is 0.0942. The number of piperidine rings is 1. The van der Waals surface area contributed by atoms with Gasteiger partial charge in [-0.25, -0.2) is 9.98 Å². The van der Waals surface area contributed by atoms with Gasteiger partial charge >= 0.3 is 0 Å². The van der Waals surface area contributed by atoms with E-state index < -0.39 is 5.91 Å². The summed E-state index contributed by atoms with van der Waals surface area (Å²) in [4.78, 5) is 33.6. The van der Waals surface area contributed by atoms with Gasteiger partial charge in [-0.05, 0) is 50.9 Å². The number of carbonyl (C=O) groups is 1. The maximum Gasteiger partial charge on any atom is 0.291 e. The van der Waals surface area contributed by atoms with Gasteiger partial charge in [0.25, 0.3) is 5.91 Å². The number of allylic oxidation sites excluding steroid dienone is 2. The minimum absolute atomic E-state index is 0.0485. The number of nitrogens with zero attached hydrogens (tertiary/aromatic N) is 8. The molecule has 0 radical (unpaired) electrons. The molecule has 9 nitrogen and oxygen atoms in total. The van der Waals surface area contributed by atoms with Crippen molar-refractivity contribution in [3.05, 3.63) is 47.3 Å². The summed E-state index contributed by atoms with van der Waals surface area (Å²) >= 11 is 1.60. The van der Waals surface area contributed by atoms with Crippen molar-refractivity contribution in [2.45, 2.75) is 105 Å². The highest BCUT2D eigenvalue weighted by Crippen LogP contribution is 2.42. The third-order valence-corrected chi connectivity index (χ3v) is 10.9. The third-order valence-electron chi connectivity index (χ3n) is 9.87. The molecule has 3 aromatic rings. The molecule has 2 unspecified atom stereocenters. The molecule has 4 heterocycles. The zero-order chi connectivity index (χ0) is 34.0. The van der Waals surface area contributed by atoms with E-state index in [4.69, 9.17) is 15.0 Å². The second-order valence-electron chi connectivity index (χ2n) is 13.3. The highest BCUT2D eigenvalue weighted by molar-refractivity contribution is 7.19. The predicted octanol–water partition coefficient (Wildman–Crippen LogP) is 9.25. The van der Waals surface area contributed by atoms with Crippen molar-refractivity contribution in [1.82, 2.24) is 19.7 Å². The van der Waals surface area contributed by atoms with Crippen molar-refractivity contribution in [2.24, 2.45) is 16.8 Å². The highest BCUT2D eigenvalue weighted by atomic mass is 32.1.